The van der Waals surface area contributed by atoms with Crippen LogP contribution in [0.15, 0.2) is 24.3 Å². The van der Waals surface area contributed by atoms with E-state index in [-0.39, 0.29) is 17.4 Å². The molecular formula is C14H23NO3S. The second kappa shape index (κ2) is 6.91. The molecule has 1 aromatic carbocycles. The van der Waals surface area contributed by atoms with Crippen molar-refractivity contribution in [2.24, 2.45) is 11.7 Å². The lowest BCUT2D eigenvalue weighted by molar-refractivity contribution is 0.340. The lowest BCUT2D eigenvalue weighted by Gasteiger charge is -2.14. The van der Waals surface area contributed by atoms with Crippen LogP contribution in [0.1, 0.15) is 32.4 Å². The van der Waals surface area contributed by atoms with Crippen molar-refractivity contribution < 1.29 is 13.2 Å². The molecule has 0 spiro atoms. The summed E-state index contributed by atoms with van der Waals surface area (Å²) in [5, 5.41) is 0. The zero-order valence-electron chi connectivity index (χ0n) is 11.8. The van der Waals surface area contributed by atoms with E-state index in [0.717, 1.165) is 11.3 Å². The van der Waals surface area contributed by atoms with E-state index in [1.807, 2.05) is 45.0 Å². The van der Waals surface area contributed by atoms with Crippen LogP contribution in [0.25, 0.3) is 0 Å². The first kappa shape index (κ1) is 16.0. The number of nitrogens with two attached hydrogens (primary N) is 1. The predicted octanol–water partition coefficient (Wildman–Crippen LogP) is 2.16. The van der Waals surface area contributed by atoms with Crippen molar-refractivity contribution in [3.05, 3.63) is 29.8 Å². The Hall–Kier alpha value is -1.07. The first-order valence-corrected chi connectivity index (χ1v) is 8.35. The van der Waals surface area contributed by atoms with Crippen LogP contribution in [-0.4, -0.2) is 26.5 Å². The van der Waals surface area contributed by atoms with E-state index in [4.69, 9.17) is 10.5 Å². The van der Waals surface area contributed by atoms with Gasteiger partial charge in [0, 0.05) is 6.04 Å². The Balaban J connectivity index is 2.70. The molecule has 0 bridgehead atoms. The normalized spacial score (nSPS) is 13.5. The summed E-state index contributed by atoms with van der Waals surface area (Å²) in [6, 6.07) is 6.78. The number of hydrogen-bond acceptors (Lipinski definition) is 4. The molecule has 1 rings (SSSR count). The van der Waals surface area contributed by atoms with Gasteiger partial charge in [0.1, 0.15) is 5.75 Å². The Labute approximate surface area is 115 Å². The van der Waals surface area contributed by atoms with Crippen LogP contribution in [0, 0.1) is 5.92 Å². The largest absolute Gasteiger partial charge is 0.494 e. The molecule has 1 aromatic rings. The number of hydrogen-bond donors (Lipinski definition) is 1. The van der Waals surface area contributed by atoms with E-state index < -0.39 is 15.9 Å². The molecule has 1 unspecified atom stereocenters. The molecule has 5 heteroatoms. The van der Waals surface area contributed by atoms with Crippen LogP contribution >= 0.6 is 0 Å². The molecule has 108 valence electrons. The highest BCUT2D eigenvalue weighted by Gasteiger charge is 2.19. The molecule has 0 radical (unpaired) electrons. The highest BCUT2D eigenvalue weighted by molar-refractivity contribution is 7.91. The van der Waals surface area contributed by atoms with Gasteiger partial charge in [0.2, 0.25) is 0 Å². The minimum atomic E-state index is -3.10. The molecule has 0 saturated heterocycles. The quantitative estimate of drug-likeness (QED) is 0.833. The maximum absolute atomic E-state index is 11.9. The molecule has 0 fully saturated rings. The van der Waals surface area contributed by atoms with Crippen molar-refractivity contribution in [3.8, 4) is 5.75 Å². The number of sulfone groups is 1. The summed E-state index contributed by atoms with van der Waals surface area (Å²) in [7, 11) is -3.10. The maximum Gasteiger partial charge on any atom is 0.152 e. The summed E-state index contributed by atoms with van der Waals surface area (Å²) in [6.45, 7) is 6.30. The van der Waals surface area contributed by atoms with Gasteiger partial charge < -0.3 is 10.5 Å². The van der Waals surface area contributed by atoms with Gasteiger partial charge in [0.15, 0.2) is 9.84 Å². The summed E-state index contributed by atoms with van der Waals surface area (Å²) < 4.78 is 29.1. The SMILES string of the molecule is CCOc1ccc(C(N)CS(=O)(=O)CC(C)C)cc1. The van der Waals surface area contributed by atoms with Crippen molar-refractivity contribution in [2.45, 2.75) is 26.8 Å². The number of ether oxygens (including phenoxy) is 1. The van der Waals surface area contributed by atoms with Gasteiger partial charge in [-0.1, -0.05) is 26.0 Å². The Kier molecular flexibility index (Phi) is 5.82. The first-order chi connectivity index (χ1) is 8.84. The molecule has 0 aliphatic rings. The molecule has 4 nitrogen and oxygen atoms in total. The fourth-order valence-corrected chi connectivity index (χ4v) is 3.82. The van der Waals surface area contributed by atoms with Gasteiger partial charge in [0.25, 0.3) is 0 Å². The smallest absolute Gasteiger partial charge is 0.152 e. The van der Waals surface area contributed by atoms with Crippen molar-refractivity contribution >= 4 is 9.84 Å². The van der Waals surface area contributed by atoms with Crippen LogP contribution in [0.4, 0.5) is 0 Å². The van der Waals surface area contributed by atoms with Crippen molar-refractivity contribution in [1.29, 1.82) is 0 Å². The van der Waals surface area contributed by atoms with E-state index in [2.05, 4.69) is 0 Å². The molecule has 0 saturated carbocycles. The minimum absolute atomic E-state index is 0.0147. The van der Waals surface area contributed by atoms with Crippen LogP contribution in [-0.2, 0) is 9.84 Å². The highest BCUT2D eigenvalue weighted by atomic mass is 32.2. The van der Waals surface area contributed by atoms with Gasteiger partial charge in [-0.15, -0.1) is 0 Å². The monoisotopic (exact) mass is 285 g/mol. The summed E-state index contributed by atoms with van der Waals surface area (Å²) in [5.41, 5.74) is 6.78. The molecule has 0 aromatic heterocycles. The van der Waals surface area contributed by atoms with Crippen molar-refractivity contribution in [1.82, 2.24) is 0 Å². The highest BCUT2D eigenvalue weighted by Crippen LogP contribution is 2.18. The third-order valence-electron chi connectivity index (χ3n) is 2.64. The molecule has 19 heavy (non-hydrogen) atoms. The maximum atomic E-state index is 11.9. The van der Waals surface area contributed by atoms with E-state index in [9.17, 15) is 8.42 Å². The molecule has 0 heterocycles. The van der Waals surface area contributed by atoms with Gasteiger partial charge in [-0.25, -0.2) is 8.42 Å². The lowest BCUT2D eigenvalue weighted by Crippen LogP contribution is -2.25. The first-order valence-electron chi connectivity index (χ1n) is 6.53. The molecule has 2 N–H and O–H groups in total. The molecule has 1 atom stereocenters. The average molecular weight is 285 g/mol. The van der Waals surface area contributed by atoms with Crippen LogP contribution in [0.3, 0.4) is 0 Å². The summed E-state index contributed by atoms with van der Waals surface area (Å²) in [6.07, 6.45) is 0. The zero-order valence-corrected chi connectivity index (χ0v) is 12.6. The Morgan fingerprint density at radius 3 is 2.21 bits per heavy atom. The molecule has 0 aliphatic carbocycles. The zero-order chi connectivity index (χ0) is 14.5. The minimum Gasteiger partial charge on any atom is -0.494 e. The molecule has 0 aliphatic heterocycles. The van der Waals surface area contributed by atoms with Crippen LogP contribution < -0.4 is 10.5 Å². The third-order valence-corrected chi connectivity index (χ3v) is 4.68. The summed E-state index contributed by atoms with van der Waals surface area (Å²) >= 11 is 0. The van der Waals surface area contributed by atoms with Crippen LogP contribution in [0.2, 0.25) is 0 Å². The Morgan fingerprint density at radius 2 is 1.74 bits per heavy atom. The predicted molar refractivity (Wildman–Crippen MR) is 78.0 cm³/mol. The summed E-state index contributed by atoms with van der Waals surface area (Å²) in [5.74, 6) is 1.05. The second-order valence-electron chi connectivity index (χ2n) is 5.08. The second-order valence-corrected chi connectivity index (χ2v) is 7.23. The summed E-state index contributed by atoms with van der Waals surface area (Å²) in [4.78, 5) is 0. The fourth-order valence-electron chi connectivity index (χ4n) is 1.92. The van der Waals surface area contributed by atoms with E-state index >= 15 is 0 Å². The lowest BCUT2D eigenvalue weighted by atomic mass is 10.1. The number of benzene rings is 1. The fraction of sp³-hybridized carbons (Fsp3) is 0.571. The van der Waals surface area contributed by atoms with Gasteiger partial charge in [-0.05, 0) is 30.5 Å². The number of rotatable bonds is 7. The Bertz CT molecular complexity index is 480. The molecule has 0 amide bonds. The standard InChI is InChI=1S/C14H23NO3S/c1-4-18-13-7-5-12(6-8-13)14(15)10-19(16,17)9-11(2)3/h5-8,11,14H,4,9-10,15H2,1-3H3. The van der Waals surface area contributed by atoms with Crippen molar-refractivity contribution in [2.75, 3.05) is 18.1 Å². The molecular weight excluding hydrogens is 262 g/mol. The van der Waals surface area contributed by atoms with Gasteiger partial charge in [-0.3, -0.25) is 0 Å². The average Bonchev–Trinajstić information content (AvgIpc) is 2.27. The van der Waals surface area contributed by atoms with Crippen LogP contribution in [0.5, 0.6) is 5.75 Å². The van der Waals surface area contributed by atoms with Gasteiger partial charge >= 0.3 is 0 Å². The third kappa shape index (κ3) is 5.61. The van der Waals surface area contributed by atoms with E-state index in [1.165, 1.54) is 0 Å². The Morgan fingerprint density at radius 1 is 1.16 bits per heavy atom. The van der Waals surface area contributed by atoms with E-state index in [0.29, 0.717) is 6.61 Å². The van der Waals surface area contributed by atoms with Gasteiger partial charge in [-0.2, -0.15) is 0 Å². The topological polar surface area (TPSA) is 69.4 Å². The van der Waals surface area contributed by atoms with Gasteiger partial charge in [0.05, 0.1) is 18.1 Å². The van der Waals surface area contributed by atoms with Crippen molar-refractivity contribution in [3.63, 3.8) is 0 Å². The van der Waals surface area contributed by atoms with E-state index in [1.54, 1.807) is 0 Å².